The Morgan fingerprint density at radius 3 is 1.41 bits per heavy atom. The Morgan fingerprint density at radius 1 is 0.562 bits per heavy atom. The summed E-state index contributed by atoms with van der Waals surface area (Å²) in [5.41, 5.74) is 9.27. The molecule has 6 rings (SSSR count). The van der Waals surface area contributed by atoms with Gasteiger partial charge in [-0.3, -0.25) is 0 Å². The van der Waals surface area contributed by atoms with Crippen molar-refractivity contribution in [2.75, 3.05) is 0 Å². The van der Waals surface area contributed by atoms with Gasteiger partial charge in [0.2, 0.25) is 0 Å². The summed E-state index contributed by atoms with van der Waals surface area (Å²) in [5.74, 6) is 0. The zero-order chi connectivity index (χ0) is 21.9. The van der Waals surface area contributed by atoms with Gasteiger partial charge in [-0.1, -0.05) is 0 Å². The molecule has 4 aromatic rings. The molecule has 0 atom stereocenters. The molecule has 3 heteroatoms. The van der Waals surface area contributed by atoms with Crippen molar-refractivity contribution in [1.29, 1.82) is 0 Å². The normalized spacial score (nSPS) is 13.7. The van der Waals surface area contributed by atoms with E-state index in [0.717, 1.165) is 52.0 Å². The van der Waals surface area contributed by atoms with Crippen LogP contribution in [0.15, 0.2) is 84.9 Å². The Balaban J connectivity index is 1.66. The molecule has 2 aliphatic carbocycles. The zero-order valence-electron chi connectivity index (χ0n) is 17.7. The van der Waals surface area contributed by atoms with Crippen LogP contribution in [0.5, 0.6) is 0 Å². The minimum absolute atomic E-state index is 0.730. The van der Waals surface area contributed by atoms with Crippen molar-refractivity contribution in [2.45, 2.75) is 12.8 Å². The fraction of sp³-hybridized carbons (Fsp3) is 0.0690. The number of hydrogen-bond donors (Lipinski definition) is 0. The van der Waals surface area contributed by atoms with Crippen molar-refractivity contribution in [1.82, 2.24) is 0 Å². The topological polar surface area (TPSA) is 34.1 Å². The summed E-state index contributed by atoms with van der Waals surface area (Å²) in [6.45, 7) is 0. The van der Waals surface area contributed by atoms with Crippen LogP contribution in [0.4, 0.5) is 0 Å². The molecular formula is C29H22O2Ti. The van der Waals surface area contributed by atoms with Gasteiger partial charge >= 0.3 is 188 Å². The Hall–Kier alpha value is -3.20. The van der Waals surface area contributed by atoms with Crippen LogP contribution < -0.4 is 7.74 Å². The second-order valence-corrected chi connectivity index (χ2v) is 16.7. The third-order valence-electron chi connectivity index (χ3n) is 7.51. The number of fused-ring (bicyclic) bond motifs is 6. The van der Waals surface area contributed by atoms with Crippen LogP contribution in [0.25, 0.3) is 22.3 Å². The van der Waals surface area contributed by atoms with Gasteiger partial charge in [0.05, 0.1) is 0 Å². The molecule has 32 heavy (non-hydrogen) atoms. The summed E-state index contributed by atoms with van der Waals surface area (Å²) in [6.07, 6.45) is 1.46. The number of carbonyl (C=O) groups is 2. The van der Waals surface area contributed by atoms with Crippen LogP contribution in [0, 0.1) is 0 Å². The summed E-state index contributed by atoms with van der Waals surface area (Å²) in [7, 11) is 0. The Bertz CT molecular complexity index is 1410. The SMILES string of the molecule is [CH2]=[Ti]([CH]=O)([CH]=O)([c]1cccc2c1Cc1ccccc1-2)[c]1cccc2c1Cc1ccccc1-2. The van der Waals surface area contributed by atoms with Crippen LogP contribution in [-0.2, 0) is 37.3 Å². The van der Waals surface area contributed by atoms with E-state index in [0.29, 0.717) is 0 Å². The Labute approximate surface area is 187 Å². The van der Waals surface area contributed by atoms with Crippen molar-refractivity contribution < 1.29 is 24.4 Å². The molecule has 0 bridgehead atoms. The third-order valence-corrected chi connectivity index (χ3v) is 14.6. The molecule has 2 aliphatic rings. The van der Waals surface area contributed by atoms with Gasteiger partial charge in [-0.2, -0.15) is 0 Å². The number of rotatable bonds is 4. The predicted molar refractivity (Wildman–Crippen MR) is 129 cm³/mol. The fourth-order valence-electron chi connectivity index (χ4n) is 5.85. The van der Waals surface area contributed by atoms with Crippen molar-refractivity contribution >= 4 is 21.7 Å². The van der Waals surface area contributed by atoms with E-state index >= 15 is 0 Å². The average molecular weight is 450 g/mol. The molecule has 2 nitrogen and oxygen atoms in total. The summed E-state index contributed by atoms with van der Waals surface area (Å²) in [6, 6.07) is 28.8. The Morgan fingerprint density at radius 2 is 0.969 bits per heavy atom. The van der Waals surface area contributed by atoms with Gasteiger partial charge in [0, 0.05) is 0 Å². The molecule has 0 saturated heterocycles. The monoisotopic (exact) mass is 450 g/mol. The van der Waals surface area contributed by atoms with Crippen molar-refractivity contribution in [3.63, 3.8) is 0 Å². The predicted octanol–water partition coefficient (Wildman–Crippen LogP) is 4.28. The molecule has 0 amide bonds. The first-order valence-electron chi connectivity index (χ1n) is 11.0. The minimum atomic E-state index is -4.92. The molecule has 0 saturated carbocycles. The molecule has 0 aromatic heterocycles. The molecule has 0 unspecified atom stereocenters. The van der Waals surface area contributed by atoms with E-state index in [-0.39, 0.29) is 0 Å². The number of benzene rings is 4. The van der Waals surface area contributed by atoms with Crippen LogP contribution in [0.2, 0.25) is 0 Å². The van der Waals surface area contributed by atoms with E-state index in [1.807, 2.05) is 48.5 Å². The van der Waals surface area contributed by atoms with Gasteiger partial charge in [0.25, 0.3) is 0 Å². The van der Waals surface area contributed by atoms with Crippen LogP contribution in [0.1, 0.15) is 22.3 Å². The van der Waals surface area contributed by atoms with Crippen LogP contribution in [-0.4, -0.2) is 14.0 Å². The van der Waals surface area contributed by atoms with Gasteiger partial charge < -0.3 is 0 Å². The molecule has 0 N–H and O–H groups in total. The van der Waals surface area contributed by atoms with Crippen molar-refractivity contribution in [3.05, 3.63) is 107 Å². The van der Waals surface area contributed by atoms with Crippen LogP contribution in [0.3, 0.4) is 0 Å². The third kappa shape index (κ3) is 2.37. The number of hydrogen-bond acceptors (Lipinski definition) is 2. The van der Waals surface area contributed by atoms with E-state index in [1.54, 1.807) is 0 Å². The van der Waals surface area contributed by atoms with Crippen LogP contribution >= 0.6 is 0 Å². The van der Waals surface area contributed by atoms with E-state index in [9.17, 15) is 9.59 Å². The first-order chi connectivity index (χ1) is 15.6. The quantitative estimate of drug-likeness (QED) is 0.297. The van der Waals surface area contributed by atoms with E-state index < -0.39 is 14.8 Å². The second-order valence-electron chi connectivity index (χ2n) is 9.20. The maximum atomic E-state index is 13.1. The van der Waals surface area contributed by atoms with Gasteiger partial charge in [-0.15, -0.1) is 0 Å². The fourth-order valence-corrected chi connectivity index (χ4v) is 11.6. The second kappa shape index (κ2) is 6.65. The van der Waals surface area contributed by atoms with Gasteiger partial charge in [0.1, 0.15) is 0 Å². The first kappa shape index (κ1) is 19.5. The van der Waals surface area contributed by atoms with Gasteiger partial charge in [-0.25, -0.2) is 0 Å². The van der Waals surface area contributed by atoms with E-state index in [4.69, 9.17) is 0 Å². The summed E-state index contributed by atoms with van der Waals surface area (Å²) in [5, 5.41) is 0. The summed E-state index contributed by atoms with van der Waals surface area (Å²) >= 11 is -4.92. The van der Waals surface area contributed by atoms with E-state index in [2.05, 4.69) is 41.2 Å². The van der Waals surface area contributed by atoms with Crippen molar-refractivity contribution in [2.24, 2.45) is 0 Å². The summed E-state index contributed by atoms with van der Waals surface area (Å²) < 4.78 is 3.62. The van der Waals surface area contributed by atoms with Gasteiger partial charge in [-0.05, 0) is 0 Å². The summed E-state index contributed by atoms with van der Waals surface area (Å²) in [4.78, 5) is 30.9. The average Bonchev–Trinajstić information content (AvgIpc) is 3.42. The molecule has 4 aromatic carbocycles. The molecule has 0 fully saturated rings. The van der Waals surface area contributed by atoms with Crippen molar-refractivity contribution in [3.8, 4) is 22.3 Å². The van der Waals surface area contributed by atoms with Gasteiger partial charge in [0.15, 0.2) is 0 Å². The van der Waals surface area contributed by atoms with E-state index in [1.165, 1.54) is 22.3 Å². The standard InChI is InChI=1S/2C13H9.2CHO.CH2.Ti/c2*1-3-7-12-10(5-1)9-11-6-2-4-8-13(11)12;2*1-2;;/h2*1-5,7-8H,9H2;2*1H;1H2;. The number of carbonyl (C=O) groups excluding carboxylic acids is 2. The maximum absolute atomic E-state index is 13.1. The molecular weight excluding hydrogens is 428 g/mol. The molecule has 0 heterocycles. The zero-order valence-corrected chi connectivity index (χ0v) is 19.2. The Kier molecular flexibility index (Phi) is 4.05. The molecule has 0 aliphatic heterocycles. The first-order valence-corrected chi connectivity index (χ1v) is 15.4. The molecule has 154 valence electrons. The molecule has 0 spiro atoms. The molecule has 0 radical (unpaired) electrons.